The number of alkyl halides is 3. The minimum atomic E-state index is -2.73. The minimum Gasteiger partial charge on any atom is -0.466 e. The average Bonchev–Trinajstić information content (AvgIpc) is 2.27. The summed E-state index contributed by atoms with van der Waals surface area (Å²) in [7, 11) is 0. The first-order valence-corrected chi connectivity index (χ1v) is 6.50. The second kappa shape index (κ2) is 6.99. The van der Waals surface area contributed by atoms with E-state index in [-0.39, 0.29) is 35.7 Å². The van der Waals surface area contributed by atoms with Gasteiger partial charge in [-0.05, 0) is 34.5 Å². The van der Waals surface area contributed by atoms with E-state index in [9.17, 15) is 13.6 Å². The first-order valence-electron chi connectivity index (χ1n) is 5.17. The maximum Gasteiger partial charge on any atom is 0.311 e. The number of aromatic nitrogens is 1. The third-order valence-electron chi connectivity index (χ3n) is 2.17. The van der Waals surface area contributed by atoms with Gasteiger partial charge in [0.25, 0.3) is 6.43 Å². The molecule has 0 bridgehead atoms. The molecule has 1 rings (SSSR count). The smallest absolute Gasteiger partial charge is 0.311 e. The number of esters is 1. The summed E-state index contributed by atoms with van der Waals surface area (Å²) in [5, 5.41) is 0. The molecule has 1 aromatic rings. The fourth-order valence-electron chi connectivity index (χ4n) is 1.49. The summed E-state index contributed by atoms with van der Waals surface area (Å²) < 4.78 is 31.0. The molecule has 0 saturated carbocycles. The van der Waals surface area contributed by atoms with Crippen molar-refractivity contribution in [2.75, 3.05) is 6.61 Å². The summed E-state index contributed by atoms with van der Waals surface area (Å²) in [4.78, 5) is 15.2. The van der Waals surface area contributed by atoms with E-state index in [1.54, 1.807) is 6.92 Å². The number of hydrogen-bond acceptors (Lipinski definition) is 3. The number of rotatable bonds is 5. The molecular formula is C11H11BrClF2NO2. The van der Waals surface area contributed by atoms with Crippen molar-refractivity contribution >= 4 is 33.5 Å². The molecule has 1 aromatic heterocycles. The van der Waals surface area contributed by atoms with Gasteiger partial charge in [0.2, 0.25) is 0 Å². The molecule has 3 nitrogen and oxygen atoms in total. The van der Waals surface area contributed by atoms with Crippen LogP contribution in [-0.2, 0) is 21.8 Å². The second-order valence-electron chi connectivity index (χ2n) is 3.38. The van der Waals surface area contributed by atoms with Gasteiger partial charge in [0.05, 0.1) is 18.7 Å². The van der Waals surface area contributed by atoms with Crippen molar-refractivity contribution in [2.45, 2.75) is 25.7 Å². The van der Waals surface area contributed by atoms with Crippen molar-refractivity contribution in [3.05, 3.63) is 27.5 Å². The van der Waals surface area contributed by atoms with Gasteiger partial charge in [0.15, 0.2) is 0 Å². The SMILES string of the molecule is CCOC(=O)Cc1nc(Br)cc(CCl)c1C(F)F. The van der Waals surface area contributed by atoms with E-state index in [0.29, 0.717) is 4.60 Å². The van der Waals surface area contributed by atoms with E-state index in [2.05, 4.69) is 20.9 Å². The number of halogens is 4. The van der Waals surface area contributed by atoms with E-state index < -0.39 is 12.4 Å². The van der Waals surface area contributed by atoms with Crippen molar-refractivity contribution in [1.29, 1.82) is 0 Å². The average molecular weight is 343 g/mol. The van der Waals surface area contributed by atoms with Crippen LogP contribution in [0.1, 0.15) is 30.2 Å². The number of hydrogen-bond donors (Lipinski definition) is 0. The lowest BCUT2D eigenvalue weighted by atomic mass is 10.1. The predicted octanol–water partition coefficient (Wildman–Crippen LogP) is 3.63. The summed E-state index contributed by atoms with van der Waals surface area (Å²) in [6.07, 6.45) is -3.03. The van der Waals surface area contributed by atoms with Crippen LogP contribution in [0.5, 0.6) is 0 Å². The van der Waals surface area contributed by atoms with Crippen molar-refractivity contribution in [1.82, 2.24) is 4.98 Å². The molecule has 0 saturated heterocycles. The van der Waals surface area contributed by atoms with Crippen LogP contribution < -0.4 is 0 Å². The zero-order valence-electron chi connectivity index (χ0n) is 9.55. The highest BCUT2D eigenvalue weighted by atomic mass is 79.9. The molecule has 0 N–H and O–H groups in total. The molecule has 0 aliphatic heterocycles. The monoisotopic (exact) mass is 341 g/mol. The standard InChI is InChI=1S/C11H11BrClF2NO2/c1-2-18-9(17)4-7-10(11(14)15)6(5-13)3-8(12)16-7/h3,11H,2,4-5H2,1H3. The maximum atomic E-state index is 13.0. The van der Waals surface area contributed by atoms with Crippen LogP contribution in [0.3, 0.4) is 0 Å². The Bertz CT molecular complexity index is 443. The van der Waals surface area contributed by atoms with Crippen molar-refractivity contribution in [3.8, 4) is 0 Å². The third-order valence-corrected chi connectivity index (χ3v) is 2.87. The summed E-state index contributed by atoms with van der Waals surface area (Å²) in [5.41, 5.74) is -0.0393. The summed E-state index contributed by atoms with van der Waals surface area (Å²) in [6, 6.07) is 1.42. The molecule has 7 heteroatoms. The maximum absolute atomic E-state index is 13.0. The van der Waals surface area contributed by atoms with Gasteiger partial charge in [-0.2, -0.15) is 0 Å². The lowest BCUT2D eigenvalue weighted by Crippen LogP contribution is -2.12. The van der Waals surface area contributed by atoms with Gasteiger partial charge in [0, 0.05) is 11.4 Å². The molecule has 0 aromatic carbocycles. The Morgan fingerprint density at radius 1 is 1.61 bits per heavy atom. The zero-order valence-corrected chi connectivity index (χ0v) is 11.9. The normalized spacial score (nSPS) is 10.8. The summed E-state index contributed by atoms with van der Waals surface area (Å²) >= 11 is 8.72. The quantitative estimate of drug-likeness (QED) is 0.466. The van der Waals surface area contributed by atoms with Crippen molar-refractivity contribution < 1.29 is 18.3 Å². The Balaban J connectivity index is 3.15. The van der Waals surface area contributed by atoms with E-state index in [4.69, 9.17) is 16.3 Å². The van der Waals surface area contributed by atoms with Crippen LogP contribution in [0.2, 0.25) is 0 Å². The Morgan fingerprint density at radius 2 is 2.28 bits per heavy atom. The van der Waals surface area contributed by atoms with Gasteiger partial charge in [-0.15, -0.1) is 11.6 Å². The molecular weight excluding hydrogens is 331 g/mol. The van der Waals surface area contributed by atoms with Gasteiger partial charge < -0.3 is 4.74 Å². The summed E-state index contributed by atoms with van der Waals surface area (Å²) in [5.74, 6) is -0.665. The van der Waals surface area contributed by atoms with E-state index in [1.807, 2.05) is 0 Å². The molecule has 0 atom stereocenters. The third kappa shape index (κ3) is 3.88. The molecule has 0 unspecified atom stereocenters. The zero-order chi connectivity index (χ0) is 13.7. The van der Waals surface area contributed by atoms with Crippen LogP contribution in [0.25, 0.3) is 0 Å². The van der Waals surface area contributed by atoms with Crippen LogP contribution >= 0.6 is 27.5 Å². The highest BCUT2D eigenvalue weighted by molar-refractivity contribution is 9.10. The Hall–Kier alpha value is -0.750. The summed E-state index contributed by atoms with van der Waals surface area (Å²) in [6.45, 7) is 1.84. The van der Waals surface area contributed by atoms with Crippen molar-refractivity contribution in [3.63, 3.8) is 0 Å². The highest BCUT2D eigenvalue weighted by Gasteiger charge is 2.22. The van der Waals surface area contributed by atoms with Gasteiger partial charge in [-0.1, -0.05) is 0 Å². The predicted molar refractivity (Wildman–Crippen MR) is 66.8 cm³/mol. The molecule has 1 heterocycles. The lowest BCUT2D eigenvalue weighted by Gasteiger charge is -2.12. The number of carbonyl (C=O) groups excluding carboxylic acids is 1. The molecule has 0 spiro atoms. The largest absolute Gasteiger partial charge is 0.466 e. The molecule has 100 valence electrons. The van der Waals surface area contributed by atoms with E-state index >= 15 is 0 Å². The first kappa shape index (κ1) is 15.3. The fraction of sp³-hybridized carbons (Fsp3) is 0.455. The number of ether oxygens (including phenoxy) is 1. The van der Waals surface area contributed by atoms with Gasteiger partial charge in [-0.3, -0.25) is 4.79 Å². The number of nitrogens with zero attached hydrogens (tertiary/aromatic N) is 1. The molecule has 0 radical (unpaired) electrons. The Labute approximate surface area is 117 Å². The van der Waals surface area contributed by atoms with Gasteiger partial charge in [0.1, 0.15) is 4.60 Å². The van der Waals surface area contributed by atoms with Crippen LogP contribution in [0, 0.1) is 0 Å². The molecule has 18 heavy (non-hydrogen) atoms. The molecule has 0 aliphatic rings. The number of pyridine rings is 1. The molecule has 0 amide bonds. The lowest BCUT2D eigenvalue weighted by molar-refractivity contribution is -0.142. The van der Waals surface area contributed by atoms with E-state index in [0.717, 1.165) is 0 Å². The minimum absolute atomic E-state index is 0.00604. The fourth-order valence-corrected chi connectivity index (χ4v) is 2.20. The van der Waals surface area contributed by atoms with Gasteiger partial charge in [-0.25, -0.2) is 13.8 Å². The van der Waals surface area contributed by atoms with Crippen molar-refractivity contribution in [2.24, 2.45) is 0 Å². The highest BCUT2D eigenvalue weighted by Crippen LogP contribution is 2.29. The van der Waals surface area contributed by atoms with Gasteiger partial charge >= 0.3 is 5.97 Å². The molecule has 0 aliphatic carbocycles. The Morgan fingerprint density at radius 3 is 2.78 bits per heavy atom. The first-order chi connectivity index (χ1) is 8.49. The molecule has 0 fully saturated rings. The topological polar surface area (TPSA) is 39.2 Å². The second-order valence-corrected chi connectivity index (χ2v) is 4.46. The Kier molecular flexibility index (Phi) is 5.95. The van der Waals surface area contributed by atoms with Crippen LogP contribution in [0.15, 0.2) is 10.7 Å². The van der Waals surface area contributed by atoms with Crippen LogP contribution in [0.4, 0.5) is 8.78 Å². The van der Waals surface area contributed by atoms with Crippen LogP contribution in [-0.4, -0.2) is 17.6 Å². The van der Waals surface area contributed by atoms with E-state index in [1.165, 1.54) is 6.07 Å². The number of carbonyl (C=O) groups is 1.